The van der Waals surface area contributed by atoms with Crippen molar-refractivity contribution in [3.05, 3.63) is 128 Å². The highest BCUT2D eigenvalue weighted by atomic mass is 35.5. The highest BCUT2D eigenvalue weighted by Gasteiger charge is 2.35. The molecule has 0 radical (unpaired) electrons. The van der Waals surface area contributed by atoms with E-state index in [0.717, 1.165) is 15.9 Å². The van der Waals surface area contributed by atoms with Gasteiger partial charge in [0, 0.05) is 41.7 Å². The number of nitrogens with zero attached hydrogens (tertiary/aromatic N) is 3. The van der Waals surface area contributed by atoms with Crippen LogP contribution in [0.4, 0.5) is 11.4 Å². The first-order valence-electron chi connectivity index (χ1n) is 14.3. The molecule has 0 aliphatic rings. The Hall–Kier alpha value is -4.65. The summed E-state index contributed by atoms with van der Waals surface area (Å²) in [6.45, 7) is 0.570. The van der Waals surface area contributed by atoms with Crippen molar-refractivity contribution < 1.29 is 27.7 Å². The molecule has 246 valence electrons. The van der Waals surface area contributed by atoms with Crippen LogP contribution in [0.3, 0.4) is 0 Å². The van der Waals surface area contributed by atoms with Crippen LogP contribution in [-0.4, -0.2) is 56.8 Å². The van der Waals surface area contributed by atoms with Crippen molar-refractivity contribution in [1.29, 1.82) is 0 Å². The lowest BCUT2D eigenvalue weighted by Crippen LogP contribution is -2.53. The molecule has 0 unspecified atom stereocenters. The van der Waals surface area contributed by atoms with E-state index >= 15 is 0 Å². The number of nitro groups is 1. The van der Waals surface area contributed by atoms with Crippen LogP contribution < -0.4 is 14.4 Å². The quantitative estimate of drug-likeness (QED) is 0.138. The molecule has 2 amide bonds. The highest BCUT2D eigenvalue weighted by Crippen LogP contribution is 2.30. The first-order chi connectivity index (χ1) is 22.3. The van der Waals surface area contributed by atoms with E-state index in [1.165, 1.54) is 68.4 Å². The number of sulfonamides is 1. The molecule has 0 spiro atoms. The molecule has 0 aromatic heterocycles. The van der Waals surface area contributed by atoms with Crippen molar-refractivity contribution in [3.63, 3.8) is 0 Å². The smallest absolute Gasteiger partial charge is 0.273 e. The fraction of sp³-hybridized carbons (Fsp3) is 0.212. The Kier molecular flexibility index (Phi) is 11.5. The maximum atomic E-state index is 14.4. The Morgan fingerprint density at radius 2 is 1.66 bits per heavy atom. The van der Waals surface area contributed by atoms with Gasteiger partial charge < -0.3 is 15.0 Å². The molecular formula is C33H32Cl2N4O7S. The third kappa shape index (κ3) is 8.39. The van der Waals surface area contributed by atoms with E-state index in [2.05, 4.69) is 5.32 Å². The third-order valence-corrected chi connectivity index (χ3v) is 9.83. The van der Waals surface area contributed by atoms with E-state index in [0.29, 0.717) is 16.3 Å². The van der Waals surface area contributed by atoms with Crippen LogP contribution in [-0.2, 0) is 32.6 Å². The van der Waals surface area contributed by atoms with Crippen molar-refractivity contribution in [2.24, 2.45) is 0 Å². The number of aryl methyl sites for hydroxylation is 1. The Morgan fingerprint density at radius 3 is 2.26 bits per heavy atom. The number of methoxy groups -OCH3 is 1. The van der Waals surface area contributed by atoms with Crippen molar-refractivity contribution in [2.45, 2.75) is 30.8 Å². The molecule has 1 N–H and O–H groups in total. The minimum atomic E-state index is -4.58. The number of anilines is 1. The molecular weight excluding hydrogens is 667 g/mol. The average molecular weight is 700 g/mol. The van der Waals surface area contributed by atoms with Gasteiger partial charge in [-0.1, -0.05) is 65.7 Å². The SMILES string of the molecule is CNC(=O)[C@H](Cc1ccccc1)N(Cc1ccc(Cl)cc1Cl)C(=O)CN(c1ccc(OC)cc1)S(=O)(=O)c1ccc(C)c([N+](=O)[O-])c1. The second-order valence-electron chi connectivity index (χ2n) is 10.5. The summed E-state index contributed by atoms with van der Waals surface area (Å²) in [4.78, 5) is 39.7. The fourth-order valence-electron chi connectivity index (χ4n) is 4.90. The number of carbonyl (C=O) groups is 2. The number of halogens is 2. The first-order valence-corrected chi connectivity index (χ1v) is 16.5. The van der Waals surface area contributed by atoms with Crippen LogP contribution in [0.15, 0.2) is 95.9 Å². The fourth-order valence-corrected chi connectivity index (χ4v) is 6.81. The standard InChI is InChI=1S/C33H32Cl2N4O7S/c1-22-9-16-28(19-30(22)39(42)43)47(44,45)38(26-12-14-27(46-3)15-13-26)21-32(40)37(20-24-10-11-25(34)18-29(24)35)31(33(41)36-2)17-23-7-5-4-6-8-23/h4-16,18-19,31H,17,20-21H2,1-3H3,(H,36,41)/t31-/m0/s1. The van der Waals surface area contributed by atoms with Gasteiger partial charge >= 0.3 is 0 Å². The summed E-state index contributed by atoms with van der Waals surface area (Å²) >= 11 is 12.6. The normalized spacial score (nSPS) is 11.8. The van der Waals surface area contributed by atoms with E-state index in [1.807, 2.05) is 18.2 Å². The van der Waals surface area contributed by atoms with Gasteiger partial charge in [-0.15, -0.1) is 0 Å². The molecule has 0 aliphatic carbocycles. The van der Waals surface area contributed by atoms with Gasteiger partial charge in [0.15, 0.2) is 0 Å². The van der Waals surface area contributed by atoms with Gasteiger partial charge in [-0.2, -0.15) is 0 Å². The monoisotopic (exact) mass is 698 g/mol. The predicted octanol–water partition coefficient (Wildman–Crippen LogP) is 5.80. The number of likely N-dealkylation sites (N-methyl/N-ethyl adjacent to an activating group) is 1. The van der Waals surface area contributed by atoms with Crippen molar-refractivity contribution in [3.8, 4) is 5.75 Å². The summed E-state index contributed by atoms with van der Waals surface area (Å²) in [6.07, 6.45) is 0.108. The largest absolute Gasteiger partial charge is 0.497 e. The summed E-state index contributed by atoms with van der Waals surface area (Å²) in [5.74, 6) is -0.785. The lowest BCUT2D eigenvalue weighted by atomic mass is 10.0. The van der Waals surface area contributed by atoms with Gasteiger partial charge in [-0.05, 0) is 60.5 Å². The number of ether oxygens (including phenoxy) is 1. The lowest BCUT2D eigenvalue weighted by Gasteiger charge is -2.33. The molecule has 14 heteroatoms. The maximum Gasteiger partial charge on any atom is 0.273 e. The molecule has 0 aliphatic heterocycles. The van der Waals surface area contributed by atoms with Crippen molar-refractivity contribution in [1.82, 2.24) is 10.2 Å². The maximum absolute atomic E-state index is 14.4. The minimum Gasteiger partial charge on any atom is -0.497 e. The third-order valence-electron chi connectivity index (χ3n) is 7.48. The summed E-state index contributed by atoms with van der Waals surface area (Å²) in [5, 5.41) is 14.9. The Morgan fingerprint density at radius 1 is 0.979 bits per heavy atom. The van der Waals surface area contributed by atoms with Gasteiger partial charge in [0.1, 0.15) is 18.3 Å². The van der Waals surface area contributed by atoms with Gasteiger partial charge in [0.25, 0.3) is 15.7 Å². The number of rotatable bonds is 13. The average Bonchev–Trinajstić information content (AvgIpc) is 3.06. The number of nitrogens with one attached hydrogen (secondary N) is 1. The van der Waals surface area contributed by atoms with Crippen LogP contribution in [0.5, 0.6) is 5.75 Å². The van der Waals surface area contributed by atoms with Crippen molar-refractivity contribution >= 4 is 56.4 Å². The number of hydrogen-bond acceptors (Lipinski definition) is 7. The Balaban J connectivity index is 1.84. The lowest BCUT2D eigenvalue weighted by molar-refractivity contribution is -0.385. The van der Waals surface area contributed by atoms with Crippen molar-refractivity contribution in [2.75, 3.05) is 25.0 Å². The van der Waals surface area contributed by atoms with E-state index in [-0.39, 0.29) is 29.2 Å². The number of nitro benzene ring substituents is 1. The summed E-state index contributed by atoms with van der Waals surface area (Å²) in [5.41, 5.74) is 1.19. The Bertz CT molecular complexity index is 1870. The minimum absolute atomic E-state index is 0.0893. The summed E-state index contributed by atoms with van der Waals surface area (Å²) in [7, 11) is -1.69. The zero-order chi connectivity index (χ0) is 34.3. The second-order valence-corrected chi connectivity index (χ2v) is 13.2. The summed E-state index contributed by atoms with van der Waals surface area (Å²) in [6, 6.07) is 22.2. The van der Waals surface area contributed by atoms with E-state index in [9.17, 15) is 28.1 Å². The van der Waals surface area contributed by atoms with Crippen LogP contribution in [0.2, 0.25) is 10.0 Å². The predicted molar refractivity (Wildman–Crippen MR) is 180 cm³/mol. The number of amides is 2. The molecule has 4 rings (SSSR count). The molecule has 11 nitrogen and oxygen atoms in total. The van der Waals surface area contributed by atoms with E-state index in [1.54, 1.807) is 24.3 Å². The zero-order valence-electron chi connectivity index (χ0n) is 25.7. The van der Waals surface area contributed by atoms with Crippen LogP contribution in [0.25, 0.3) is 0 Å². The Labute approximate surface area is 282 Å². The molecule has 47 heavy (non-hydrogen) atoms. The van der Waals surface area contributed by atoms with Crippen LogP contribution >= 0.6 is 23.2 Å². The molecule has 1 atom stereocenters. The van der Waals surface area contributed by atoms with E-state index < -0.39 is 49.9 Å². The molecule has 4 aromatic carbocycles. The molecule has 0 saturated heterocycles. The van der Waals surface area contributed by atoms with Crippen LogP contribution in [0, 0.1) is 17.0 Å². The second kappa shape index (κ2) is 15.3. The molecule has 0 saturated carbocycles. The molecule has 0 fully saturated rings. The molecule has 4 aromatic rings. The van der Waals surface area contributed by atoms with Gasteiger partial charge in [-0.25, -0.2) is 8.42 Å². The number of hydrogen-bond donors (Lipinski definition) is 1. The van der Waals surface area contributed by atoms with Gasteiger partial charge in [0.05, 0.1) is 22.6 Å². The number of benzene rings is 4. The zero-order valence-corrected chi connectivity index (χ0v) is 28.1. The topological polar surface area (TPSA) is 139 Å². The van der Waals surface area contributed by atoms with Crippen LogP contribution in [0.1, 0.15) is 16.7 Å². The first kappa shape index (κ1) is 35.2. The van der Waals surface area contributed by atoms with E-state index in [4.69, 9.17) is 27.9 Å². The number of carbonyl (C=O) groups excluding carboxylic acids is 2. The van der Waals surface area contributed by atoms with Gasteiger partial charge in [0.2, 0.25) is 11.8 Å². The molecule has 0 bridgehead atoms. The highest BCUT2D eigenvalue weighted by molar-refractivity contribution is 7.92. The molecule has 0 heterocycles. The summed E-state index contributed by atoms with van der Waals surface area (Å²) < 4.78 is 34.5. The van der Waals surface area contributed by atoms with Gasteiger partial charge in [-0.3, -0.25) is 24.0 Å².